The molecule has 2 fully saturated rings. The van der Waals surface area contributed by atoms with Gasteiger partial charge in [-0.1, -0.05) is 70.8 Å². The minimum absolute atomic E-state index is 0.741. The van der Waals surface area contributed by atoms with Gasteiger partial charge in [0.15, 0.2) is 0 Å². The number of hydrogen-bond donors (Lipinski definition) is 0. The van der Waals surface area contributed by atoms with E-state index in [1.807, 2.05) is 0 Å². The zero-order valence-electron chi connectivity index (χ0n) is 14.1. The van der Waals surface area contributed by atoms with Crippen LogP contribution in [0.5, 0.6) is 0 Å². The lowest BCUT2D eigenvalue weighted by atomic mass is 9.74. The van der Waals surface area contributed by atoms with Gasteiger partial charge in [-0.2, -0.15) is 0 Å². The Morgan fingerprint density at radius 1 is 1.15 bits per heavy atom. The summed E-state index contributed by atoms with van der Waals surface area (Å²) in [5, 5.41) is 0. The Hall–Kier alpha value is -0.520. The van der Waals surface area contributed by atoms with Gasteiger partial charge in [0.1, 0.15) is 0 Å². The van der Waals surface area contributed by atoms with Crippen LogP contribution in [0.4, 0.5) is 0 Å². The molecule has 2 atom stereocenters. The molecule has 0 amide bonds. The second-order valence-corrected chi connectivity index (χ2v) is 7.47. The SMILES string of the molecule is CCC(CC)CCC(C)C=CC=C1CC2(C1)CC2CC. The standard InChI is InChI=1S/C20H34/c1-5-17(6-2)12-11-16(4)9-8-10-18-13-20(14-18)15-19(20)7-3/h8-10,16-17,19H,5-7,11-15H2,1-4H3. The van der Waals surface area contributed by atoms with E-state index in [4.69, 9.17) is 0 Å². The molecule has 0 radical (unpaired) electrons. The third-order valence-electron chi connectivity index (χ3n) is 5.97. The molecule has 0 saturated heterocycles. The summed E-state index contributed by atoms with van der Waals surface area (Å²) in [5.41, 5.74) is 2.49. The van der Waals surface area contributed by atoms with Gasteiger partial charge >= 0.3 is 0 Å². The van der Waals surface area contributed by atoms with Crippen molar-refractivity contribution in [2.24, 2.45) is 23.2 Å². The molecule has 0 nitrogen and oxygen atoms in total. The van der Waals surface area contributed by atoms with Crippen molar-refractivity contribution in [2.75, 3.05) is 0 Å². The lowest BCUT2D eigenvalue weighted by Gasteiger charge is -2.30. The monoisotopic (exact) mass is 274 g/mol. The molecule has 0 heteroatoms. The van der Waals surface area contributed by atoms with Gasteiger partial charge in [-0.3, -0.25) is 0 Å². The molecule has 2 rings (SSSR count). The maximum atomic E-state index is 2.42. The largest absolute Gasteiger partial charge is 0.0817 e. The molecule has 2 saturated carbocycles. The molecular weight excluding hydrogens is 240 g/mol. The number of allylic oxidation sites excluding steroid dienone is 4. The highest BCUT2D eigenvalue weighted by molar-refractivity contribution is 5.29. The van der Waals surface area contributed by atoms with E-state index in [1.54, 1.807) is 5.57 Å². The summed E-state index contributed by atoms with van der Waals surface area (Å²) in [5.74, 6) is 2.74. The smallest absolute Gasteiger partial charge is 0.0192 e. The summed E-state index contributed by atoms with van der Waals surface area (Å²) in [4.78, 5) is 0. The van der Waals surface area contributed by atoms with Crippen molar-refractivity contribution >= 4 is 0 Å². The van der Waals surface area contributed by atoms with Gasteiger partial charge in [0.25, 0.3) is 0 Å². The summed E-state index contributed by atoms with van der Waals surface area (Å²) in [6.45, 7) is 9.37. The van der Waals surface area contributed by atoms with Crippen molar-refractivity contribution in [3.05, 3.63) is 23.8 Å². The van der Waals surface area contributed by atoms with E-state index in [0.29, 0.717) is 0 Å². The van der Waals surface area contributed by atoms with Crippen molar-refractivity contribution in [3.8, 4) is 0 Å². The van der Waals surface area contributed by atoms with Crippen LogP contribution in [-0.2, 0) is 0 Å². The van der Waals surface area contributed by atoms with Gasteiger partial charge in [0, 0.05) is 0 Å². The van der Waals surface area contributed by atoms with Crippen LogP contribution in [0.3, 0.4) is 0 Å². The zero-order chi connectivity index (χ0) is 14.6. The van der Waals surface area contributed by atoms with Crippen molar-refractivity contribution in [1.82, 2.24) is 0 Å². The Labute approximate surface area is 126 Å². The minimum Gasteiger partial charge on any atom is -0.0817 e. The summed E-state index contributed by atoms with van der Waals surface area (Å²) < 4.78 is 0. The highest BCUT2D eigenvalue weighted by Gasteiger charge is 2.57. The highest BCUT2D eigenvalue weighted by Crippen LogP contribution is 2.68. The summed E-state index contributed by atoms with van der Waals surface area (Å²) in [6.07, 6.45) is 18.3. The Bertz CT molecular complexity index is 348. The first kappa shape index (κ1) is 15.9. The first-order valence-electron chi connectivity index (χ1n) is 8.99. The molecule has 2 unspecified atom stereocenters. The summed E-state index contributed by atoms with van der Waals surface area (Å²) in [7, 11) is 0. The predicted molar refractivity (Wildman–Crippen MR) is 89.8 cm³/mol. The van der Waals surface area contributed by atoms with Crippen LogP contribution >= 0.6 is 0 Å². The van der Waals surface area contributed by atoms with Gasteiger partial charge in [0.05, 0.1) is 0 Å². The molecule has 20 heavy (non-hydrogen) atoms. The maximum absolute atomic E-state index is 2.42. The third-order valence-corrected chi connectivity index (χ3v) is 5.97. The van der Waals surface area contributed by atoms with Crippen molar-refractivity contribution in [2.45, 2.75) is 79.1 Å². The Morgan fingerprint density at radius 2 is 1.85 bits per heavy atom. The van der Waals surface area contributed by atoms with Crippen LogP contribution in [0.25, 0.3) is 0 Å². The van der Waals surface area contributed by atoms with Gasteiger partial charge in [-0.05, 0) is 55.3 Å². The average Bonchev–Trinajstić information content (AvgIpc) is 3.14. The topological polar surface area (TPSA) is 0 Å². The number of rotatable bonds is 8. The van der Waals surface area contributed by atoms with Crippen LogP contribution in [0.15, 0.2) is 23.8 Å². The fourth-order valence-electron chi connectivity index (χ4n) is 4.09. The van der Waals surface area contributed by atoms with E-state index in [9.17, 15) is 0 Å². The second kappa shape index (κ2) is 6.96. The fourth-order valence-corrected chi connectivity index (χ4v) is 4.09. The molecule has 0 bridgehead atoms. The van der Waals surface area contributed by atoms with Gasteiger partial charge in [-0.25, -0.2) is 0 Å². The van der Waals surface area contributed by atoms with E-state index in [2.05, 4.69) is 45.9 Å². The molecule has 2 aliphatic carbocycles. The normalized spacial score (nSPS) is 30.1. The maximum Gasteiger partial charge on any atom is -0.0192 e. The fraction of sp³-hybridized carbons (Fsp3) is 0.800. The predicted octanol–water partition coefficient (Wildman–Crippen LogP) is 6.53. The van der Waals surface area contributed by atoms with Crippen molar-refractivity contribution < 1.29 is 0 Å². The quantitative estimate of drug-likeness (QED) is 0.472. The van der Waals surface area contributed by atoms with Crippen LogP contribution < -0.4 is 0 Å². The molecule has 0 heterocycles. The third kappa shape index (κ3) is 3.77. The van der Waals surface area contributed by atoms with Crippen molar-refractivity contribution in [3.63, 3.8) is 0 Å². The van der Waals surface area contributed by atoms with Crippen molar-refractivity contribution in [1.29, 1.82) is 0 Å². The first-order chi connectivity index (χ1) is 9.63. The minimum atomic E-state index is 0.741. The zero-order valence-corrected chi connectivity index (χ0v) is 14.1. The van der Waals surface area contributed by atoms with E-state index >= 15 is 0 Å². The molecule has 114 valence electrons. The molecule has 0 N–H and O–H groups in total. The Morgan fingerprint density at radius 3 is 2.40 bits per heavy atom. The number of hydrogen-bond acceptors (Lipinski definition) is 0. The molecule has 2 aliphatic rings. The van der Waals surface area contributed by atoms with Crippen LogP contribution in [0.2, 0.25) is 0 Å². The van der Waals surface area contributed by atoms with E-state index in [0.717, 1.165) is 23.2 Å². The first-order valence-corrected chi connectivity index (χ1v) is 8.99. The molecule has 0 aromatic carbocycles. The van der Waals surface area contributed by atoms with E-state index in [-0.39, 0.29) is 0 Å². The van der Waals surface area contributed by atoms with E-state index in [1.165, 1.54) is 51.4 Å². The molecule has 1 spiro atoms. The van der Waals surface area contributed by atoms with Crippen LogP contribution in [-0.4, -0.2) is 0 Å². The van der Waals surface area contributed by atoms with Crippen LogP contribution in [0.1, 0.15) is 79.1 Å². The second-order valence-electron chi connectivity index (χ2n) is 7.47. The molecule has 0 aromatic heterocycles. The summed E-state index contributed by atoms with van der Waals surface area (Å²) in [6, 6.07) is 0. The van der Waals surface area contributed by atoms with Gasteiger partial charge in [0.2, 0.25) is 0 Å². The van der Waals surface area contributed by atoms with Crippen LogP contribution in [0, 0.1) is 23.2 Å². The Balaban J connectivity index is 1.64. The molecule has 0 aromatic rings. The lowest BCUT2D eigenvalue weighted by Crippen LogP contribution is -2.18. The average molecular weight is 274 g/mol. The van der Waals surface area contributed by atoms with Gasteiger partial charge < -0.3 is 0 Å². The van der Waals surface area contributed by atoms with E-state index < -0.39 is 0 Å². The highest BCUT2D eigenvalue weighted by atomic mass is 14.6. The Kier molecular flexibility index (Phi) is 5.52. The molecule has 0 aliphatic heterocycles. The summed E-state index contributed by atoms with van der Waals surface area (Å²) >= 11 is 0. The lowest BCUT2D eigenvalue weighted by molar-refractivity contribution is 0.348. The molecular formula is C20H34. The van der Waals surface area contributed by atoms with Gasteiger partial charge in [-0.15, -0.1) is 0 Å².